The van der Waals surface area contributed by atoms with Gasteiger partial charge in [-0.3, -0.25) is 14.9 Å². The third-order valence-corrected chi connectivity index (χ3v) is 3.56. The summed E-state index contributed by atoms with van der Waals surface area (Å²) in [6.45, 7) is -0.644. The van der Waals surface area contributed by atoms with Crippen LogP contribution in [0, 0.1) is 10.1 Å². The van der Waals surface area contributed by atoms with Crippen LogP contribution in [0.1, 0.15) is 20.7 Å². The summed E-state index contributed by atoms with van der Waals surface area (Å²) in [5.74, 6) is -2.22. The first-order valence-corrected chi connectivity index (χ1v) is 7.84. The van der Waals surface area contributed by atoms with E-state index >= 15 is 0 Å². The lowest BCUT2D eigenvalue weighted by atomic mass is 10.1. The number of hydrogen-bond acceptors (Lipinski definition) is 8. The number of ether oxygens (including phenoxy) is 3. The molecule has 1 N–H and O–H groups in total. The maximum absolute atomic E-state index is 12.2. The van der Waals surface area contributed by atoms with Crippen LogP contribution in [-0.4, -0.2) is 43.6 Å². The highest BCUT2D eigenvalue weighted by molar-refractivity contribution is 6.04. The Balaban J connectivity index is 2.04. The number of carbonyl (C=O) groups is 3. The molecule has 0 aromatic heterocycles. The smallest absolute Gasteiger partial charge is 0.339 e. The summed E-state index contributed by atoms with van der Waals surface area (Å²) in [5, 5.41) is 13.2. The molecule has 10 heteroatoms. The predicted octanol–water partition coefficient (Wildman–Crippen LogP) is 2.19. The number of nitro benzene ring substituents is 1. The van der Waals surface area contributed by atoms with E-state index < -0.39 is 29.4 Å². The van der Waals surface area contributed by atoms with Gasteiger partial charge in [-0.1, -0.05) is 12.1 Å². The molecule has 10 nitrogen and oxygen atoms in total. The zero-order valence-corrected chi connectivity index (χ0v) is 15.0. The summed E-state index contributed by atoms with van der Waals surface area (Å²) in [4.78, 5) is 46.1. The average Bonchev–Trinajstić information content (AvgIpc) is 2.71. The highest BCUT2D eigenvalue weighted by Crippen LogP contribution is 2.28. The van der Waals surface area contributed by atoms with E-state index in [1.165, 1.54) is 44.6 Å². The Hall–Kier alpha value is -3.95. The SMILES string of the molecule is COC(=O)c1ccccc1C(=O)OCC(=O)Nc1ccc([N+](=O)[O-])cc1OC. The molecule has 0 unspecified atom stereocenters. The number of methoxy groups -OCH3 is 2. The Morgan fingerprint density at radius 3 is 2.25 bits per heavy atom. The van der Waals surface area contributed by atoms with Gasteiger partial charge in [-0.2, -0.15) is 0 Å². The van der Waals surface area contributed by atoms with Gasteiger partial charge < -0.3 is 19.5 Å². The minimum absolute atomic E-state index is 0.00689. The summed E-state index contributed by atoms with van der Waals surface area (Å²) in [7, 11) is 2.47. The molecule has 0 saturated carbocycles. The molecule has 0 aliphatic carbocycles. The molecule has 0 aliphatic heterocycles. The number of non-ortho nitro benzene ring substituents is 1. The topological polar surface area (TPSA) is 134 Å². The summed E-state index contributed by atoms with van der Waals surface area (Å²) in [6, 6.07) is 9.48. The number of amides is 1. The van der Waals surface area contributed by atoms with E-state index in [9.17, 15) is 24.5 Å². The van der Waals surface area contributed by atoms with Crippen molar-refractivity contribution in [3.8, 4) is 5.75 Å². The van der Waals surface area contributed by atoms with Gasteiger partial charge >= 0.3 is 11.9 Å². The van der Waals surface area contributed by atoms with Gasteiger partial charge in [-0.25, -0.2) is 9.59 Å². The largest absolute Gasteiger partial charge is 0.494 e. The molecule has 0 spiro atoms. The molecule has 2 aromatic carbocycles. The Labute approximate surface area is 159 Å². The molecule has 0 saturated heterocycles. The van der Waals surface area contributed by atoms with Crippen LogP contribution in [0.5, 0.6) is 5.75 Å². The molecule has 0 atom stereocenters. The first kappa shape index (κ1) is 20.4. The highest BCUT2D eigenvalue weighted by atomic mass is 16.6. The van der Waals surface area contributed by atoms with Gasteiger partial charge in [0.2, 0.25) is 0 Å². The Kier molecular flexibility index (Phi) is 6.63. The van der Waals surface area contributed by atoms with E-state index in [0.717, 1.165) is 6.07 Å². The average molecular weight is 388 g/mol. The molecule has 2 rings (SSSR count). The van der Waals surface area contributed by atoms with Gasteiger partial charge in [0.1, 0.15) is 5.75 Å². The number of carbonyl (C=O) groups excluding carboxylic acids is 3. The van der Waals surface area contributed by atoms with Crippen molar-refractivity contribution in [2.45, 2.75) is 0 Å². The van der Waals surface area contributed by atoms with Gasteiger partial charge in [0.05, 0.1) is 42.0 Å². The van der Waals surface area contributed by atoms with Crippen molar-refractivity contribution in [1.82, 2.24) is 0 Å². The van der Waals surface area contributed by atoms with Crippen molar-refractivity contribution >= 4 is 29.2 Å². The van der Waals surface area contributed by atoms with Crippen LogP contribution in [0.25, 0.3) is 0 Å². The summed E-state index contributed by atoms with van der Waals surface area (Å²) < 4.78 is 14.5. The monoisotopic (exact) mass is 388 g/mol. The molecule has 0 radical (unpaired) electrons. The van der Waals surface area contributed by atoms with Crippen LogP contribution in [0.15, 0.2) is 42.5 Å². The highest BCUT2D eigenvalue weighted by Gasteiger charge is 2.20. The molecule has 2 aromatic rings. The van der Waals surface area contributed by atoms with Crippen LogP contribution in [-0.2, 0) is 14.3 Å². The minimum Gasteiger partial charge on any atom is -0.494 e. The molecule has 0 fully saturated rings. The van der Waals surface area contributed by atoms with E-state index in [0.29, 0.717) is 0 Å². The number of rotatable bonds is 7. The lowest BCUT2D eigenvalue weighted by Gasteiger charge is -2.11. The number of nitrogens with zero attached hydrogens (tertiary/aromatic N) is 1. The fourth-order valence-corrected chi connectivity index (χ4v) is 2.24. The van der Waals surface area contributed by atoms with Crippen LogP contribution in [0.4, 0.5) is 11.4 Å². The number of esters is 2. The van der Waals surface area contributed by atoms with Gasteiger partial charge in [0.15, 0.2) is 6.61 Å². The van der Waals surface area contributed by atoms with Crippen LogP contribution in [0.2, 0.25) is 0 Å². The molecular formula is C18H16N2O8. The summed E-state index contributed by atoms with van der Waals surface area (Å²) >= 11 is 0. The molecule has 1 amide bonds. The second-order valence-corrected chi connectivity index (χ2v) is 5.30. The molecule has 0 heterocycles. The zero-order valence-electron chi connectivity index (χ0n) is 15.0. The molecule has 146 valence electrons. The third kappa shape index (κ3) is 4.81. The minimum atomic E-state index is -0.883. The number of nitro groups is 1. The van der Waals surface area contributed by atoms with E-state index in [1.54, 1.807) is 6.07 Å². The maximum Gasteiger partial charge on any atom is 0.339 e. The quantitative estimate of drug-likeness (QED) is 0.433. The van der Waals surface area contributed by atoms with E-state index in [-0.39, 0.29) is 28.3 Å². The van der Waals surface area contributed by atoms with Gasteiger partial charge in [0, 0.05) is 6.07 Å². The predicted molar refractivity (Wildman–Crippen MR) is 96.3 cm³/mol. The van der Waals surface area contributed by atoms with Crippen molar-refractivity contribution in [2.75, 3.05) is 26.1 Å². The lowest BCUT2D eigenvalue weighted by Crippen LogP contribution is -2.22. The summed E-state index contributed by atoms with van der Waals surface area (Å²) in [6.07, 6.45) is 0. The molecule has 0 aliphatic rings. The molecule has 0 bridgehead atoms. The number of benzene rings is 2. The second kappa shape index (κ2) is 9.12. The van der Waals surface area contributed by atoms with Crippen molar-refractivity contribution in [2.24, 2.45) is 0 Å². The molecular weight excluding hydrogens is 372 g/mol. The first-order valence-electron chi connectivity index (χ1n) is 7.84. The van der Waals surface area contributed by atoms with Gasteiger partial charge in [-0.05, 0) is 18.2 Å². The summed E-state index contributed by atoms with van der Waals surface area (Å²) in [5.41, 5.74) is -0.0766. The maximum atomic E-state index is 12.2. The van der Waals surface area contributed by atoms with E-state index in [1.807, 2.05) is 0 Å². The second-order valence-electron chi connectivity index (χ2n) is 5.30. The molecule has 28 heavy (non-hydrogen) atoms. The van der Waals surface area contributed by atoms with Crippen LogP contribution < -0.4 is 10.1 Å². The van der Waals surface area contributed by atoms with E-state index in [2.05, 4.69) is 10.1 Å². The number of anilines is 1. The lowest BCUT2D eigenvalue weighted by molar-refractivity contribution is -0.384. The Morgan fingerprint density at radius 1 is 1.04 bits per heavy atom. The Morgan fingerprint density at radius 2 is 1.68 bits per heavy atom. The normalized spacial score (nSPS) is 9.93. The standard InChI is InChI=1S/C18H16N2O8/c1-26-15-9-11(20(24)25)7-8-14(15)19-16(21)10-28-18(23)13-6-4-3-5-12(13)17(22)27-2/h3-9H,10H2,1-2H3,(H,19,21). The fourth-order valence-electron chi connectivity index (χ4n) is 2.24. The van der Waals surface area contributed by atoms with Crippen LogP contribution in [0.3, 0.4) is 0 Å². The third-order valence-electron chi connectivity index (χ3n) is 3.56. The zero-order chi connectivity index (χ0) is 20.7. The van der Waals surface area contributed by atoms with E-state index in [4.69, 9.17) is 9.47 Å². The van der Waals surface area contributed by atoms with Gasteiger partial charge in [0.25, 0.3) is 11.6 Å². The first-order chi connectivity index (χ1) is 13.4. The van der Waals surface area contributed by atoms with Crippen molar-refractivity contribution < 1.29 is 33.5 Å². The Bertz CT molecular complexity index is 926. The van der Waals surface area contributed by atoms with Crippen molar-refractivity contribution in [3.05, 3.63) is 63.7 Å². The van der Waals surface area contributed by atoms with Crippen molar-refractivity contribution in [3.63, 3.8) is 0 Å². The number of hydrogen-bond donors (Lipinski definition) is 1. The van der Waals surface area contributed by atoms with Crippen molar-refractivity contribution in [1.29, 1.82) is 0 Å². The fraction of sp³-hybridized carbons (Fsp3) is 0.167. The van der Waals surface area contributed by atoms with Gasteiger partial charge in [-0.15, -0.1) is 0 Å². The number of nitrogens with one attached hydrogen (secondary N) is 1. The van der Waals surface area contributed by atoms with Crippen LogP contribution >= 0.6 is 0 Å².